The van der Waals surface area contributed by atoms with Crippen molar-refractivity contribution in [2.24, 2.45) is 5.92 Å². The van der Waals surface area contributed by atoms with Crippen molar-refractivity contribution >= 4 is 22.6 Å². The first-order valence-electron chi connectivity index (χ1n) is 12.0. The number of carbonyl (C=O) groups excluding carboxylic acids is 2. The molecular formula is C26H33N3O2. The van der Waals surface area contributed by atoms with Gasteiger partial charge in [0.25, 0.3) is 5.91 Å². The van der Waals surface area contributed by atoms with E-state index in [-0.39, 0.29) is 11.8 Å². The quantitative estimate of drug-likeness (QED) is 0.683. The SMILES string of the molecule is O=C(C[C@H]1CC[C@@H](CNC(=O)c2cccc3ccccc23)N1CC1CC1)NC1CCC1. The average molecular weight is 420 g/mol. The maximum absolute atomic E-state index is 13.0. The third-order valence-electron chi connectivity index (χ3n) is 7.36. The number of likely N-dealkylation sites (tertiary alicyclic amines) is 1. The number of rotatable bonds is 8. The fourth-order valence-electron chi connectivity index (χ4n) is 5.13. The van der Waals surface area contributed by atoms with E-state index in [0.29, 0.717) is 31.1 Å². The van der Waals surface area contributed by atoms with Crippen LogP contribution in [0.2, 0.25) is 0 Å². The van der Waals surface area contributed by atoms with Crippen LogP contribution in [-0.2, 0) is 4.79 Å². The summed E-state index contributed by atoms with van der Waals surface area (Å²) in [5.41, 5.74) is 0.737. The van der Waals surface area contributed by atoms with Crippen LogP contribution >= 0.6 is 0 Å². The van der Waals surface area contributed by atoms with E-state index in [1.54, 1.807) is 0 Å². The molecule has 5 rings (SSSR count). The van der Waals surface area contributed by atoms with Crippen molar-refractivity contribution in [3.8, 4) is 0 Å². The zero-order chi connectivity index (χ0) is 21.2. The molecule has 164 valence electrons. The zero-order valence-corrected chi connectivity index (χ0v) is 18.2. The second kappa shape index (κ2) is 8.99. The lowest BCUT2D eigenvalue weighted by molar-refractivity contribution is -0.123. The van der Waals surface area contributed by atoms with Crippen molar-refractivity contribution in [1.29, 1.82) is 0 Å². The van der Waals surface area contributed by atoms with Crippen LogP contribution in [0.5, 0.6) is 0 Å². The number of nitrogens with one attached hydrogen (secondary N) is 2. The minimum atomic E-state index is -0.00523. The third-order valence-corrected chi connectivity index (χ3v) is 7.36. The number of amides is 2. The van der Waals surface area contributed by atoms with Gasteiger partial charge in [0, 0.05) is 43.2 Å². The van der Waals surface area contributed by atoms with Crippen molar-refractivity contribution in [3.05, 3.63) is 48.0 Å². The summed E-state index contributed by atoms with van der Waals surface area (Å²) in [6, 6.07) is 15.0. The normalized spacial score (nSPS) is 24.1. The van der Waals surface area contributed by atoms with Crippen molar-refractivity contribution in [2.75, 3.05) is 13.1 Å². The van der Waals surface area contributed by atoms with E-state index in [1.807, 2.05) is 42.5 Å². The lowest BCUT2D eigenvalue weighted by atomic mass is 9.93. The van der Waals surface area contributed by atoms with Crippen LogP contribution < -0.4 is 10.6 Å². The van der Waals surface area contributed by atoms with E-state index in [0.717, 1.165) is 54.5 Å². The molecule has 1 heterocycles. The zero-order valence-electron chi connectivity index (χ0n) is 18.2. The Balaban J connectivity index is 1.21. The number of hydrogen-bond acceptors (Lipinski definition) is 3. The molecule has 2 aliphatic carbocycles. The standard InChI is InChI=1S/C26H33N3O2/c30-25(28-20-7-4-8-20)15-21-13-14-22(29(21)17-18-11-12-18)16-27-26(31)24-10-3-6-19-5-1-2-9-23(19)24/h1-3,5-6,9-10,18,20-22H,4,7-8,11-17H2,(H,27,31)(H,28,30)/t21-,22+/m1/s1. The number of carbonyl (C=O) groups is 2. The van der Waals surface area contributed by atoms with Crippen LogP contribution in [0.3, 0.4) is 0 Å². The van der Waals surface area contributed by atoms with Gasteiger partial charge in [0.05, 0.1) is 0 Å². The van der Waals surface area contributed by atoms with Gasteiger partial charge in [-0.1, -0.05) is 36.4 Å². The van der Waals surface area contributed by atoms with Gasteiger partial charge >= 0.3 is 0 Å². The maximum Gasteiger partial charge on any atom is 0.251 e. The number of hydrogen-bond donors (Lipinski definition) is 2. The molecule has 0 aromatic heterocycles. The second-order valence-electron chi connectivity index (χ2n) is 9.66. The van der Waals surface area contributed by atoms with Gasteiger partial charge in [0.1, 0.15) is 0 Å². The van der Waals surface area contributed by atoms with E-state index in [9.17, 15) is 9.59 Å². The first-order valence-corrected chi connectivity index (χ1v) is 12.0. The lowest BCUT2D eigenvalue weighted by Crippen LogP contribution is -2.47. The molecule has 2 saturated carbocycles. The minimum absolute atomic E-state index is 0.00523. The molecule has 0 unspecified atom stereocenters. The van der Waals surface area contributed by atoms with Crippen molar-refractivity contribution in [3.63, 3.8) is 0 Å². The monoisotopic (exact) mass is 419 g/mol. The Morgan fingerprint density at radius 2 is 1.68 bits per heavy atom. The summed E-state index contributed by atoms with van der Waals surface area (Å²) < 4.78 is 0. The molecule has 2 aromatic rings. The summed E-state index contributed by atoms with van der Waals surface area (Å²) in [4.78, 5) is 28.0. The van der Waals surface area contributed by atoms with Crippen LogP contribution in [0, 0.1) is 5.92 Å². The minimum Gasteiger partial charge on any atom is -0.353 e. The first kappa shape index (κ1) is 20.5. The summed E-state index contributed by atoms with van der Waals surface area (Å²) in [6.45, 7) is 1.71. The number of fused-ring (bicyclic) bond motifs is 1. The highest BCUT2D eigenvalue weighted by Crippen LogP contribution is 2.35. The van der Waals surface area contributed by atoms with Gasteiger partial charge in [-0.3, -0.25) is 14.5 Å². The Labute approximate surface area is 184 Å². The van der Waals surface area contributed by atoms with Crippen LogP contribution in [0.25, 0.3) is 10.8 Å². The van der Waals surface area contributed by atoms with Crippen LogP contribution in [0.15, 0.2) is 42.5 Å². The first-order chi connectivity index (χ1) is 15.2. The molecule has 5 nitrogen and oxygen atoms in total. The van der Waals surface area contributed by atoms with Gasteiger partial charge in [-0.05, 0) is 67.7 Å². The van der Waals surface area contributed by atoms with Gasteiger partial charge in [-0.2, -0.15) is 0 Å². The Bertz CT molecular complexity index is 945. The molecule has 0 spiro atoms. The van der Waals surface area contributed by atoms with E-state index < -0.39 is 0 Å². The van der Waals surface area contributed by atoms with Crippen molar-refractivity contribution < 1.29 is 9.59 Å². The van der Waals surface area contributed by atoms with Crippen LogP contribution in [0.1, 0.15) is 61.7 Å². The van der Waals surface area contributed by atoms with Gasteiger partial charge in [-0.25, -0.2) is 0 Å². The van der Waals surface area contributed by atoms with Gasteiger partial charge in [0.2, 0.25) is 5.91 Å². The highest BCUT2D eigenvalue weighted by Gasteiger charge is 2.38. The predicted molar refractivity (Wildman–Crippen MR) is 123 cm³/mol. The molecule has 5 heteroatoms. The molecule has 2 amide bonds. The summed E-state index contributed by atoms with van der Waals surface area (Å²) >= 11 is 0. The van der Waals surface area contributed by atoms with E-state index in [2.05, 4.69) is 15.5 Å². The second-order valence-corrected chi connectivity index (χ2v) is 9.66. The molecule has 3 aliphatic rings. The fourth-order valence-corrected chi connectivity index (χ4v) is 5.13. The van der Waals surface area contributed by atoms with E-state index in [4.69, 9.17) is 0 Å². The third kappa shape index (κ3) is 4.77. The highest BCUT2D eigenvalue weighted by molar-refractivity contribution is 6.07. The van der Waals surface area contributed by atoms with Crippen molar-refractivity contribution in [2.45, 2.75) is 69.5 Å². The average Bonchev–Trinajstić information content (AvgIpc) is 3.50. The molecule has 2 aromatic carbocycles. The number of nitrogens with zero attached hydrogens (tertiary/aromatic N) is 1. The highest BCUT2D eigenvalue weighted by atomic mass is 16.2. The Kier molecular flexibility index (Phi) is 5.95. The molecule has 0 radical (unpaired) electrons. The molecule has 1 saturated heterocycles. The van der Waals surface area contributed by atoms with E-state index >= 15 is 0 Å². The molecule has 0 bridgehead atoms. The van der Waals surface area contributed by atoms with Gasteiger partial charge < -0.3 is 10.6 Å². The molecule has 1 aliphatic heterocycles. The lowest BCUT2D eigenvalue weighted by Gasteiger charge is -2.32. The molecule has 31 heavy (non-hydrogen) atoms. The van der Waals surface area contributed by atoms with Crippen LogP contribution in [-0.4, -0.2) is 47.9 Å². The van der Waals surface area contributed by atoms with Crippen molar-refractivity contribution in [1.82, 2.24) is 15.5 Å². The summed E-state index contributed by atoms with van der Waals surface area (Å²) in [6.07, 6.45) is 8.77. The number of benzene rings is 2. The summed E-state index contributed by atoms with van der Waals surface area (Å²) in [5.74, 6) is 0.969. The molecule has 2 N–H and O–H groups in total. The Morgan fingerprint density at radius 3 is 2.45 bits per heavy atom. The smallest absolute Gasteiger partial charge is 0.251 e. The maximum atomic E-state index is 13.0. The molecular weight excluding hydrogens is 386 g/mol. The fraction of sp³-hybridized carbons (Fsp3) is 0.538. The Morgan fingerprint density at radius 1 is 0.903 bits per heavy atom. The van der Waals surface area contributed by atoms with Gasteiger partial charge in [0.15, 0.2) is 0 Å². The predicted octanol–water partition coefficient (Wildman–Crippen LogP) is 3.87. The largest absolute Gasteiger partial charge is 0.353 e. The molecule has 3 fully saturated rings. The van der Waals surface area contributed by atoms with Crippen LogP contribution in [0.4, 0.5) is 0 Å². The van der Waals surface area contributed by atoms with Gasteiger partial charge in [-0.15, -0.1) is 0 Å². The Hall–Kier alpha value is -2.40. The molecule has 2 atom stereocenters. The van der Waals surface area contributed by atoms with E-state index in [1.165, 1.54) is 19.3 Å². The summed E-state index contributed by atoms with van der Waals surface area (Å²) in [5, 5.41) is 8.48. The topological polar surface area (TPSA) is 61.4 Å². The summed E-state index contributed by atoms with van der Waals surface area (Å²) in [7, 11) is 0.